The van der Waals surface area contributed by atoms with Gasteiger partial charge in [-0.3, -0.25) is 9.36 Å². The highest BCUT2D eigenvalue weighted by atomic mass is 35.5. The van der Waals surface area contributed by atoms with Crippen molar-refractivity contribution in [3.63, 3.8) is 0 Å². The Morgan fingerprint density at radius 3 is 2.40 bits per heavy atom. The lowest BCUT2D eigenvalue weighted by molar-refractivity contribution is -0.137. The van der Waals surface area contributed by atoms with Crippen LogP contribution < -0.4 is 10.9 Å². The fourth-order valence-corrected chi connectivity index (χ4v) is 4.50. The van der Waals surface area contributed by atoms with Crippen molar-refractivity contribution in [2.24, 2.45) is 0 Å². The predicted molar refractivity (Wildman–Crippen MR) is 110 cm³/mol. The number of benzene rings is 2. The van der Waals surface area contributed by atoms with Crippen LogP contribution in [0.15, 0.2) is 47.3 Å². The van der Waals surface area contributed by atoms with Gasteiger partial charge in [-0.05, 0) is 54.6 Å². The molecule has 10 heteroatoms. The van der Waals surface area contributed by atoms with Crippen molar-refractivity contribution in [2.75, 3.05) is 0 Å². The van der Waals surface area contributed by atoms with Gasteiger partial charge in [0.1, 0.15) is 5.30 Å². The molecule has 1 aromatic heterocycles. The minimum absolute atomic E-state index is 0.202. The van der Waals surface area contributed by atoms with Crippen molar-refractivity contribution in [3.05, 3.63) is 63.4 Å². The summed E-state index contributed by atoms with van der Waals surface area (Å²) in [4.78, 5) is 25.1. The summed E-state index contributed by atoms with van der Waals surface area (Å²) in [5.74, 6) is 0. The van der Waals surface area contributed by atoms with Gasteiger partial charge in [0.2, 0.25) is 0 Å². The summed E-state index contributed by atoms with van der Waals surface area (Å²) in [6.45, 7) is 3.38. The Balaban J connectivity index is 2.11. The number of H-pyrrole nitrogens is 1. The molecule has 0 bridgehead atoms. The first-order valence-corrected chi connectivity index (χ1v) is 10.9. The molecule has 0 aliphatic carbocycles. The van der Waals surface area contributed by atoms with E-state index in [4.69, 9.17) is 16.1 Å². The molecule has 1 heterocycles. The van der Waals surface area contributed by atoms with Gasteiger partial charge in [0, 0.05) is 11.1 Å². The zero-order chi connectivity index (χ0) is 22.3. The van der Waals surface area contributed by atoms with E-state index in [0.717, 1.165) is 12.1 Å². The lowest BCUT2D eigenvalue weighted by Gasteiger charge is -2.17. The zero-order valence-electron chi connectivity index (χ0n) is 16.0. The minimum atomic E-state index is -4.46. The lowest BCUT2D eigenvalue weighted by Crippen LogP contribution is -2.29. The van der Waals surface area contributed by atoms with Crippen LogP contribution in [-0.4, -0.2) is 16.0 Å². The maximum Gasteiger partial charge on any atom is 0.416 e. The summed E-state index contributed by atoms with van der Waals surface area (Å²) in [5.41, 5.74) is -0.432. The van der Waals surface area contributed by atoms with Crippen molar-refractivity contribution >= 4 is 35.4 Å². The normalized spacial score (nSPS) is 15.2. The Labute approximate surface area is 175 Å². The van der Waals surface area contributed by atoms with Crippen LogP contribution in [0.1, 0.15) is 25.8 Å². The number of nitrogens with one attached hydrogen (secondary N) is 1. The molecule has 0 spiro atoms. The molecule has 2 N–H and O–H groups in total. The quantitative estimate of drug-likeness (QED) is 0.494. The van der Waals surface area contributed by atoms with Gasteiger partial charge in [0.25, 0.3) is 5.56 Å². The van der Waals surface area contributed by atoms with Crippen LogP contribution in [0.25, 0.3) is 22.0 Å². The number of aromatic amines is 1. The molecular formula is C20H18ClF3NO4P. The average molecular weight is 460 g/mol. The van der Waals surface area contributed by atoms with Crippen LogP contribution in [0.4, 0.5) is 13.2 Å². The molecule has 0 saturated heterocycles. The van der Waals surface area contributed by atoms with Gasteiger partial charge in [-0.25, -0.2) is 0 Å². The third-order valence-electron chi connectivity index (χ3n) is 4.64. The fraction of sp³-hybridized carbons (Fsp3) is 0.250. The largest absolute Gasteiger partial charge is 0.416 e. The van der Waals surface area contributed by atoms with Gasteiger partial charge >= 0.3 is 13.8 Å². The number of alkyl halides is 3. The second-order valence-electron chi connectivity index (χ2n) is 6.82. The van der Waals surface area contributed by atoms with Crippen LogP contribution in [0.2, 0.25) is 5.02 Å². The second-order valence-corrected chi connectivity index (χ2v) is 8.96. The summed E-state index contributed by atoms with van der Waals surface area (Å²) in [6.07, 6.45) is -4.52. The molecular weight excluding hydrogens is 442 g/mol. The lowest BCUT2D eigenvalue weighted by atomic mass is 10.0. The Hall–Kier alpha value is -2.12. The Kier molecular flexibility index (Phi) is 6.16. The molecule has 0 aliphatic heterocycles. The molecule has 2 unspecified atom stereocenters. The highest BCUT2D eigenvalue weighted by Gasteiger charge is 2.30. The van der Waals surface area contributed by atoms with Crippen LogP contribution in [0.3, 0.4) is 0 Å². The van der Waals surface area contributed by atoms with E-state index in [9.17, 15) is 27.4 Å². The van der Waals surface area contributed by atoms with Crippen molar-refractivity contribution in [2.45, 2.75) is 32.5 Å². The van der Waals surface area contributed by atoms with E-state index in [1.54, 1.807) is 13.8 Å². The molecule has 0 fully saturated rings. The highest BCUT2D eigenvalue weighted by Crippen LogP contribution is 2.42. The molecule has 0 aliphatic rings. The van der Waals surface area contributed by atoms with Gasteiger partial charge in [0.05, 0.1) is 16.7 Å². The van der Waals surface area contributed by atoms with E-state index in [2.05, 4.69) is 4.98 Å². The second kappa shape index (κ2) is 8.19. The molecule has 0 radical (unpaired) electrons. The van der Waals surface area contributed by atoms with Gasteiger partial charge in [-0.2, -0.15) is 13.2 Å². The SMILES string of the molecule is CCC(C)OP(=O)(O)c1cc2cc(-c3ccc(C(F)(F)F)cc3)c(Cl)cc2[nH]c1=O. The Bertz CT molecular complexity index is 1190. The highest BCUT2D eigenvalue weighted by molar-refractivity contribution is 7.61. The number of hydrogen-bond acceptors (Lipinski definition) is 3. The minimum Gasteiger partial charge on any atom is -0.321 e. The molecule has 2 atom stereocenters. The summed E-state index contributed by atoms with van der Waals surface area (Å²) in [5, 5.41) is 0.163. The summed E-state index contributed by atoms with van der Waals surface area (Å²) in [7, 11) is -4.39. The van der Waals surface area contributed by atoms with Gasteiger partial charge in [0.15, 0.2) is 0 Å². The van der Waals surface area contributed by atoms with Crippen molar-refractivity contribution in [1.29, 1.82) is 0 Å². The van der Waals surface area contributed by atoms with Crippen LogP contribution in [0, 0.1) is 0 Å². The third-order valence-corrected chi connectivity index (χ3v) is 6.54. The first-order valence-electron chi connectivity index (χ1n) is 8.98. The Morgan fingerprint density at radius 2 is 1.83 bits per heavy atom. The number of fused-ring (bicyclic) bond motifs is 1. The predicted octanol–water partition coefficient (Wildman–Crippen LogP) is 5.49. The van der Waals surface area contributed by atoms with Crippen molar-refractivity contribution in [3.8, 4) is 11.1 Å². The number of rotatable bonds is 5. The third kappa shape index (κ3) is 4.62. The fourth-order valence-electron chi connectivity index (χ4n) is 2.86. The van der Waals surface area contributed by atoms with Crippen molar-refractivity contribution < 1.29 is 27.2 Å². The molecule has 0 amide bonds. The van der Waals surface area contributed by atoms with E-state index in [-0.39, 0.29) is 5.02 Å². The topological polar surface area (TPSA) is 79.4 Å². The monoisotopic (exact) mass is 459 g/mol. The molecule has 2 aromatic carbocycles. The van der Waals surface area contributed by atoms with Gasteiger partial charge in [-0.15, -0.1) is 0 Å². The van der Waals surface area contributed by atoms with E-state index in [1.165, 1.54) is 30.3 Å². The van der Waals surface area contributed by atoms with Crippen molar-refractivity contribution in [1.82, 2.24) is 4.98 Å². The molecule has 0 saturated carbocycles. The van der Waals surface area contributed by atoms with E-state index < -0.39 is 36.3 Å². The summed E-state index contributed by atoms with van der Waals surface area (Å²) < 4.78 is 56.1. The van der Waals surface area contributed by atoms with Crippen LogP contribution in [-0.2, 0) is 15.3 Å². The maximum atomic E-state index is 12.8. The number of hydrogen-bond donors (Lipinski definition) is 2. The first-order chi connectivity index (χ1) is 13.9. The number of pyridine rings is 1. The van der Waals surface area contributed by atoms with Gasteiger partial charge in [-0.1, -0.05) is 30.7 Å². The molecule has 30 heavy (non-hydrogen) atoms. The van der Waals surface area contributed by atoms with Crippen LogP contribution in [0.5, 0.6) is 0 Å². The molecule has 3 aromatic rings. The average Bonchev–Trinajstić information content (AvgIpc) is 2.66. The standard InChI is InChI=1S/C20H18ClF3NO4P/c1-3-11(2)29-30(27,28)18-9-13-8-15(16(21)10-17(13)25-19(18)26)12-4-6-14(7-5-12)20(22,23)24/h4-11H,3H2,1-2H3,(H,25,26)(H,27,28). The first kappa shape index (κ1) is 22.6. The number of halogens is 4. The van der Waals surface area contributed by atoms with E-state index in [0.29, 0.717) is 28.5 Å². The smallest absolute Gasteiger partial charge is 0.321 e. The molecule has 3 rings (SSSR count). The van der Waals surface area contributed by atoms with Crippen LogP contribution >= 0.6 is 19.2 Å². The summed E-state index contributed by atoms with van der Waals surface area (Å²) in [6, 6.07) is 8.65. The summed E-state index contributed by atoms with van der Waals surface area (Å²) >= 11 is 6.26. The number of aromatic nitrogens is 1. The Morgan fingerprint density at radius 1 is 1.20 bits per heavy atom. The molecule has 5 nitrogen and oxygen atoms in total. The van der Waals surface area contributed by atoms with E-state index in [1.807, 2.05) is 0 Å². The molecule has 160 valence electrons. The van der Waals surface area contributed by atoms with Gasteiger partial charge < -0.3 is 14.4 Å². The van der Waals surface area contributed by atoms with E-state index >= 15 is 0 Å². The zero-order valence-corrected chi connectivity index (χ0v) is 17.6. The maximum absolute atomic E-state index is 12.8.